The van der Waals surface area contributed by atoms with E-state index in [1.165, 1.54) is 29.2 Å². The van der Waals surface area contributed by atoms with Gasteiger partial charge in [-0.05, 0) is 31.0 Å². The number of hydrogen-bond donors (Lipinski definition) is 0. The molecule has 2 fully saturated rings. The number of ether oxygens (including phenoxy) is 2. The number of hydrogen-bond acceptors (Lipinski definition) is 7. The summed E-state index contributed by atoms with van der Waals surface area (Å²) in [5.74, 6) is -1.73. The van der Waals surface area contributed by atoms with Crippen LogP contribution in [0.1, 0.15) is 52.2 Å². The van der Waals surface area contributed by atoms with Crippen LogP contribution in [0.15, 0.2) is 41.0 Å². The van der Waals surface area contributed by atoms with E-state index in [1.54, 1.807) is 24.3 Å². The van der Waals surface area contributed by atoms with Gasteiger partial charge in [-0.2, -0.15) is 0 Å². The zero-order valence-corrected chi connectivity index (χ0v) is 16.8. The summed E-state index contributed by atoms with van der Waals surface area (Å²) >= 11 is 0. The summed E-state index contributed by atoms with van der Waals surface area (Å²) in [5, 5.41) is 0. The number of fused-ring (bicyclic) bond motifs is 3. The van der Waals surface area contributed by atoms with Crippen molar-refractivity contribution in [3.8, 4) is 0 Å². The maximum Gasteiger partial charge on any atom is 0.354 e. The van der Waals surface area contributed by atoms with E-state index in [2.05, 4.69) is 0 Å². The normalized spacial score (nSPS) is 22.2. The lowest BCUT2D eigenvalue weighted by atomic mass is 9.96. The van der Waals surface area contributed by atoms with Crippen LogP contribution in [0.5, 0.6) is 0 Å². The van der Waals surface area contributed by atoms with Gasteiger partial charge in [0.05, 0.1) is 24.6 Å². The third kappa shape index (κ3) is 2.76. The Balaban J connectivity index is 1.52. The number of amides is 2. The quantitative estimate of drug-likeness (QED) is 0.678. The van der Waals surface area contributed by atoms with Crippen LogP contribution in [0.25, 0.3) is 0 Å². The van der Waals surface area contributed by atoms with Gasteiger partial charge < -0.3 is 18.8 Å². The van der Waals surface area contributed by atoms with Crippen LogP contribution in [0.3, 0.4) is 0 Å². The Morgan fingerprint density at radius 2 is 1.97 bits per heavy atom. The van der Waals surface area contributed by atoms with Crippen molar-refractivity contribution in [1.82, 2.24) is 4.90 Å². The average Bonchev–Trinajstić information content (AvgIpc) is 3.39. The van der Waals surface area contributed by atoms with Crippen molar-refractivity contribution in [2.24, 2.45) is 0 Å². The maximum atomic E-state index is 13.5. The molecule has 3 aliphatic rings. The van der Waals surface area contributed by atoms with Crippen LogP contribution in [-0.2, 0) is 25.7 Å². The number of anilines is 1. The van der Waals surface area contributed by atoms with Crippen molar-refractivity contribution in [2.45, 2.75) is 44.0 Å². The highest BCUT2D eigenvalue weighted by molar-refractivity contribution is 6.15. The van der Waals surface area contributed by atoms with E-state index in [1.807, 2.05) is 0 Å². The predicted octanol–water partition coefficient (Wildman–Crippen LogP) is 2.25. The molecule has 160 valence electrons. The Hall–Kier alpha value is -3.62. The number of para-hydroxylation sites is 1. The number of esters is 2. The smallest absolute Gasteiger partial charge is 0.354 e. The van der Waals surface area contributed by atoms with Gasteiger partial charge in [0, 0.05) is 18.9 Å². The average molecular weight is 424 g/mol. The molecule has 1 atom stereocenters. The molecule has 3 heterocycles. The summed E-state index contributed by atoms with van der Waals surface area (Å²) in [4.78, 5) is 54.6. The maximum absolute atomic E-state index is 13.5. The van der Waals surface area contributed by atoms with Crippen molar-refractivity contribution in [1.29, 1.82) is 0 Å². The predicted molar refractivity (Wildman–Crippen MR) is 105 cm³/mol. The van der Waals surface area contributed by atoms with Gasteiger partial charge >= 0.3 is 11.9 Å². The fourth-order valence-electron chi connectivity index (χ4n) is 4.50. The first-order chi connectivity index (χ1) is 15.0. The number of benzene rings is 1. The van der Waals surface area contributed by atoms with Crippen LogP contribution in [-0.4, -0.2) is 47.5 Å². The number of methoxy groups -OCH3 is 1. The SMILES string of the molecule is COC(=O)c1ccoc1COC(=O)C12CCC(=O)N1c1ccccc1C(=O)N2C1CC1. The first kappa shape index (κ1) is 19.3. The van der Waals surface area contributed by atoms with E-state index >= 15 is 0 Å². The minimum Gasteiger partial charge on any atom is -0.465 e. The third-order valence-electron chi connectivity index (χ3n) is 6.02. The molecule has 1 aromatic heterocycles. The van der Waals surface area contributed by atoms with Crippen LogP contribution in [0.4, 0.5) is 5.69 Å². The molecule has 1 aromatic carbocycles. The second kappa shape index (κ2) is 6.97. The Kier molecular flexibility index (Phi) is 4.35. The zero-order valence-electron chi connectivity index (χ0n) is 16.8. The zero-order chi connectivity index (χ0) is 21.8. The van der Waals surface area contributed by atoms with Crippen molar-refractivity contribution in [3.05, 3.63) is 53.5 Å². The molecule has 31 heavy (non-hydrogen) atoms. The van der Waals surface area contributed by atoms with Crippen molar-refractivity contribution >= 4 is 29.4 Å². The standard InChI is InChI=1S/C22H20N2O7/c1-29-20(27)15-9-11-30-17(15)12-31-21(28)22-10-8-18(25)24(22)16-5-3-2-4-14(16)19(26)23(22)13-6-7-13/h2-5,9,11,13H,6-8,10,12H2,1H3. The van der Waals surface area contributed by atoms with E-state index in [9.17, 15) is 19.2 Å². The minimum absolute atomic E-state index is 0.119. The van der Waals surface area contributed by atoms with Gasteiger partial charge in [-0.3, -0.25) is 14.5 Å². The molecule has 0 spiro atoms. The molecule has 5 rings (SSSR count). The molecule has 0 bridgehead atoms. The van der Waals surface area contributed by atoms with Crippen LogP contribution in [0, 0.1) is 0 Å². The highest BCUT2D eigenvalue weighted by Gasteiger charge is 2.64. The molecule has 1 aliphatic carbocycles. The largest absolute Gasteiger partial charge is 0.465 e. The topological polar surface area (TPSA) is 106 Å². The van der Waals surface area contributed by atoms with Crippen molar-refractivity contribution in [2.75, 3.05) is 12.0 Å². The van der Waals surface area contributed by atoms with E-state index in [0.29, 0.717) is 11.3 Å². The first-order valence-corrected chi connectivity index (χ1v) is 10.1. The highest BCUT2D eigenvalue weighted by atomic mass is 16.5. The fourth-order valence-corrected chi connectivity index (χ4v) is 4.50. The first-order valence-electron chi connectivity index (χ1n) is 10.1. The molecule has 9 heteroatoms. The lowest BCUT2D eigenvalue weighted by Gasteiger charge is -2.48. The lowest BCUT2D eigenvalue weighted by Crippen LogP contribution is -2.69. The number of carbonyl (C=O) groups excluding carboxylic acids is 4. The van der Waals surface area contributed by atoms with Gasteiger partial charge in [-0.15, -0.1) is 0 Å². The van der Waals surface area contributed by atoms with E-state index in [4.69, 9.17) is 13.9 Å². The highest BCUT2D eigenvalue weighted by Crippen LogP contribution is 2.49. The number of furan rings is 1. The number of nitrogens with zero attached hydrogens (tertiary/aromatic N) is 2. The summed E-state index contributed by atoms with van der Waals surface area (Å²) < 4.78 is 15.5. The van der Waals surface area contributed by atoms with Gasteiger partial charge in [0.2, 0.25) is 11.6 Å². The monoisotopic (exact) mass is 424 g/mol. The molecule has 0 N–H and O–H groups in total. The second-order valence-corrected chi connectivity index (χ2v) is 7.79. The Morgan fingerprint density at radius 1 is 1.19 bits per heavy atom. The summed E-state index contributed by atoms with van der Waals surface area (Å²) in [6, 6.07) is 8.10. The molecule has 1 saturated carbocycles. The molecule has 2 aromatic rings. The van der Waals surface area contributed by atoms with Gasteiger partial charge in [0.15, 0.2) is 5.76 Å². The van der Waals surface area contributed by atoms with E-state index in [-0.39, 0.29) is 48.6 Å². The minimum atomic E-state index is -1.54. The van der Waals surface area contributed by atoms with Gasteiger partial charge in [-0.1, -0.05) is 12.1 Å². The molecule has 1 unspecified atom stereocenters. The molecular formula is C22H20N2O7. The van der Waals surface area contributed by atoms with Crippen molar-refractivity contribution in [3.63, 3.8) is 0 Å². The molecular weight excluding hydrogens is 404 g/mol. The Labute approximate surface area is 177 Å². The van der Waals surface area contributed by atoms with E-state index < -0.39 is 17.6 Å². The summed E-state index contributed by atoms with van der Waals surface area (Å²) in [6.45, 7) is -0.325. The summed E-state index contributed by atoms with van der Waals surface area (Å²) in [7, 11) is 1.24. The molecule has 2 amide bonds. The fraction of sp³-hybridized carbons (Fsp3) is 0.364. The molecule has 2 aliphatic heterocycles. The molecule has 1 saturated heterocycles. The van der Waals surface area contributed by atoms with Gasteiger partial charge in [0.25, 0.3) is 5.91 Å². The van der Waals surface area contributed by atoms with Crippen LogP contribution >= 0.6 is 0 Å². The molecule has 0 radical (unpaired) electrons. The van der Waals surface area contributed by atoms with Crippen molar-refractivity contribution < 1.29 is 33.1 Å². The van der Waals surface area contributed by atoms with Crippen LogP contribution < -0.4 is 4.90 Å². The Bertz CT molecular complexity index is 1100. The Morgan fingerprint density at radius 3 is 2.71 bits per heavy atom. The summed E-state index contributed by atoms with van der Waals surface area (Å²) in [5.41, 5.74) is -0.581. The lowest BCUT2D eigenvalue weighted by molar-refractivity contribution is -0.159. The number of carbonyl (C=O) groups is 4. The van der Waals surface area contributed by atoms with Crippen LogP contribution in [0.2, 0.25) is 0 Å². The number of rotatable bonds is 5. The van der Waals surface area contributed by atoms with E-state index in [0.717, 1.165) is 12.8 Å². The van der Waals surface area contributed by atoms with Gasteiger partial charge in [0.1, 0.15) is 12.2 Å². The third-order valence-corrected chi connectivity index (χ3v) is 6.02. The van der Waals surface area contributed by atoms with Gasteiger partial charge in [-0.25, -0.2) is 9.59 Å². The second-order valence-electron chi connectivity index (χ2n) is 7.79. The summed E-state index contributed by atoms with van der Waals surface area (Å²) in [6.07, 6.45) is 3.08. The molecule has 9 nitrogen and oxygen atoms in total.